The Labute approximate surface area is 128 Å². The third-order valence-electron chi connectivity index (χ3n) is 6.04. The van der Waals surface area contributed by atoms with Crippen LogP contribution in [0.2, 0.25) is 0 Å². The van der Waals surface area contributed by atoms with Crippen LogP contribution >= 0.6 is 0 Å². The zero-order valence-corrected chi connectivity index (χ0v) is 13.0. The molecule has 2 heteroatoms. The molecule has 1 aliphatic carbocycles. The summed E-state index contributed by atoms with van der Waals surface area (Å²) in [5, 5.41) is 3.81. The summed E-state index contributed by atoms with van der Waals surface area (Å²) in [5.74, 6) is 0.809. The molecule has 0 spiro atoms. The van der Waals surface area contributed by atoms with E-state index < -0.39 is 0 Å². The molecule has 1 N–H and O–H groups in total. The highest BCUT2D eigenvalue weighted by Gasteiger charge is 2.33. The Bertz CT molecular complexity index is 450. The van der Waals surface area contributed by atoms with Crippen molar-refractivity contribution in [1.82, 2.24) is 10.2 Å². The lowest BCUT2D eigenvalue weighted by molar-refractivity contribution is 0.142. The molecule has 3 fully saturated rings. The molecule has 0 aromatic heterocycles. The molecule has 114 valence electrons. The fraction of sp³-hybridized carbons (Fsp3) is 0.684. The maximum absolute atomic E-state index is 3.81. The van der Waals surface area contributed by atoms with E-state index in [1.165, 1.54) is 58.0 Å². The maximum Gasteiger partial charge on any atom is 0.0198 e. The number of benzene rings is 1. The maximum atomic E-state index is 3.81. The van der Waals surface area contributed by atoms with Crippen molar-refractivity contribution in [2.45, 2.75) is 69.0 Å². The van der Waals surface area contributed by atoms with Gasteiger partial charge in [0.1, 0.15) is 0 Å². The van der Waals surface area contributed by atoms with Gasteiger partial charge in [-0.05, 0) is 63.0 Å². The number of likely N-dealkylation sites (tertiary alicyclic amines) is 1. The van der Waals surface area contributed by atoms with Gasteiger partial charge < -0.3 is 5.32 Å². The lowest BCUT2D eigenvalue weighted by atomic mass is 9.81. The second kappa shape index (κ2) is 6.10. The summed E-state index contributed by atoms with van der Waals surface area (Å²) in [4.78, 5) is 2.82. The molecular weight excluding hydrogens is 256 g/mol. The van der Waals surface area contributed by atoms with Crippen LogP contribution < -0.4 is 5.32 Å². The van der Waals surface area contributed by atoms with E-state index in [4.69, 9.17) is 0 Å². The first-order valence-corrected chi connectivity index (χ1v) is 8.93. The minimum Gasteiger partial charge on any atom is -0.310 e. The second-order valence-electron chi connectivity index (χ2n) is 7.34. The van der Waals surface area contributed by atoms with E-state index in [0.29, 0.717) is 0 Å². The highest BCUT2D eigenvalue weighted by Crippen LogP contribution is 2.35. The van der Waals surface area contributed by atoms with Crippen LogP contribution in [0.25, 0.3) is 0 Å². The van der Waals surface area contributed by atoms with Gasteiger partial charge in [0.25, 0.3) is 0 Å². The Morgan fingerprint density at radius 3 is 2.38 bits per heavy atom. The van der Waals surface area contributed by atoms with Crippen molar-refractivity contribution in [3.05, 3.63) is 35.9 Å². The van der Waals surface area contributed by atoms with Gasteiger partial charge in [0, 0.05) is 24.7 Å². The fourth-order valence-corrected chi connectivity index (χ4v) is 4.80. The van der Waals surface area contributed by atoms with Gasteiger partial charge in [0.15, 0.2) is 0 Å². The summed E-state index contributed by atoms with van der Waals surface area (Å²) in [6.45, 7) is 2.63. The van der Waals surface area contributed by atoms with Gasteiger partial charge in [-0.25, -0.2) is 0 Å². The van der Waals surface area contributed by atoms with Crippen LogP contribution in [0, 0.1) is 0 Å². The molecule has 2 nitrogen and oxygen atoms in total. The zero-order valence-electron chi connectivity index (χ0n) is 13.0. The smallest absolute Gasteiger partial charge is 0.0198 e. The molecule has 1 aromatic rings. The average molecular weight is 284 g/mol. The van der Waals surface area contributed by atoms with Crippen molar-refractivity contribution in [2.75, 3.05) is 13.1 Å². The first-order valence-electron chi connectivity index (χ1n) is 8.93. The van der Waals surface area contributed by atoms with Gasteiger partial charge >= 0.3 is 0 Å². The molecule has 1 saturated carbocycles. The average Bonchev–Trinajstić information content (AvgIpc) is 2.88. The molecule has 2 unspecified atom stereocenters. The van der Waals surface area contributed by atoms with Crippen molar-refractivity contribution in [2.24, 2.45) is 0 Å². The SMILES string of the molecule is c1ccc(C2CCC(N3CCC4CCC(C3)N4)CC2)cc1. The van der Waals surface area contributed by atoms with Crippen LogP contribution in [0.1, 0.15) is 56.4 Å². The van der Waals surface area contributed by atoms with E-state index in [1.807, 2.05) is 0 Å². The minimum absolute atomic E-state index is 0.782. The van der Waals surface area contributed by atoms with Gasteiger partial charge in [-0.15, -0.1) is 0 Å². The molecule has 1 aromatic carbocycles. The minimum atomic E-state index is 0.782. The van der Waals surface area contributed by atoms with Crippen molar-refractivity contribution in [3.8, 4) is 0 Å². The lowest BCUT2D eigenvalue weighted by Crippen LogP contribution is -2.43. The second-order valence-corrected chi connectivity index (χ2v) is 7.34. The van der Waals surface area contributed by atoms with E-state index in [9.17, 15) is 0 Å². The van der Waals surface area contributed by atoms with E-state index in [0.717, 1.165) is 24.0 Å². The van der Waals surface area contributed by atoms with Gasteiger partial charge in [-0.3, -0.25) is 4.90 Å². The number of nitrogens with one attached hydrogen (secondary N) is 1. The molecule has 2 heterocycles. The van der Waals surface area contributed by atoms with Gasteiger partial charge in [0.2, 0.25) is 0 Å². The predicted molar refractivity (Wildman–Crippen MR) is 87.6 cm³/mol. The van der Waals surface area contributed by atoms with Crippen LogP contribution in [-0.4, -0.2) is 36.1 Å². The summed E-state index contributed by atoms with van der Waals surface area (Å²) in [6.07, 6.45) is 9.75. The number of hydrogen-bond acceptors (Lipinski definition) is 2. The van der Waals surface area contributed by atoms with E-state index in [1.54, 1.807) is 5.56 Å². The van der Waals surface area contributed by atoms with Gasteiger partial charge in [0.05, 0.1) is 0 Å². The van der Waals surface area contributed by atoms with Crippen LogP contribution in [0.5, 0.6) is 0 Å². The largest absolute Gasteiger partial charge is 0.310 e. The topological polar surface area (TPSA) is 15.3 Å². The molecule has 0 radical (unpaired) electrons. The van der Waals surface area contributed by atoms with Crippen molar-refractivity contribution >= 4 is 0 Å². The number of hydrogen-bond donors (Lipinski definition) is 1. The molecular formula is C19H28N2. The predicted octanol–water partition coefficient (Wildman–Crippen LogP) is 3.54. The van der Waals surface area contributed by atoms with E-state index in [-0.39, 0.29) is 0 Å². The monoisotopic (exact) mass is 284 g/mol. The number of nitrogens with zero attached hydrogens (tertiary/aromatic N) is 1. The number of fused-ring (bicyclic) bond motifs is 2. The Morgan fingerprint density at radius 2 is 1.57 bits per heavy atom. The molecule has 2 saturated heterocycles. The summed E-state index contributed by atoms with van der Waals surface area (Å²) < 4.78 is 0. The third kappa shape index (κ3) is 3.02. The quantitative estimate of drug-likeness (QED) is 0.893. The lowest BCUT2D eigenvalue weighted by Gasteiger charge is -2.37. The normalized spacial score (nSPS) is 37.3. The fourth-order valence-electron chi connectivity index (χ4n) is 4.80. The molecule has 0 amide bonds. The molecule has 3 aliphatic rings. The summed E-state index contributed by atoms with van der Waals surface area (Å²) in [6, 6.07) is 13.6. The molecule has 2 aliphatic heterocycles. The van der Waals surface area contributed by atoms with Crippen LogP contribution in [0.15, 0.2) is 30.3 Å². The van der Waals surface area contributed by atoms with Gasteiger partial charge in [-0.2, -0.15) is 0 Å². The molecule has 21 heavy (non-hydrogen) atoms. The van der Waals surface area contributed by atoms with Gasteiger partial charge in [-0.1, -0.05) is 30.3 Å². The van der Waals surface area contributed by atoms with Crippen LogP contribution in [0.3, 0.4) is 0 Å². The zero-order chi connectivity index (χ0) is 14.1. The summed E-state index contributed by atoms with van der Waals surface area (Å²) in [7, 11) is 0. The van der Waals surface area contributed by atoms with Crippen molar-refractivity contribution in [1.29, 1.82) is 0 Å². The Morgan fingerprint density at radius 1 is 0.810 bits per heavy atom. The molecule has 2 bridgehead atoms. The highest BCUT2D eigenvalue weighted by atomic mass is 15.2. The molecule has 4 rings (SSSR count). The highest BCUT2D eigenvalue weighted by molar-refractivity contribution is 5.20. The summed E-state index contributed by atoms with van der Waals surface area (Å²) in [5.41, 5.74) is 1.56. The van der Waals surface area contributed by atoms with E-state index >= 15 is 0 Å². The Kier molecular flexibility index (Phi) is 4.00. The Balaban J connectivity index is 1.35. The first-order chi connectivity index (χ1) is 10.4. The van der Waals surface area contributed by atoms with Crippen molar-refractivity contribution < 1.29 is 0 Å². The first kappa shape index (κ1) is 13.8. The standard InChI is InChI=1S/C19H28N2/c1-2-4-15(5-3-1)16-6-10-19(11-7-16)21-13-12-17-8-9-18(14-21)20-17/h1-5,16-20H,6-14H2. The Hall–Kier alpha value is -0.860. The summed E-state index contributed by atoms with van der Waals surface area (Å²) >= 11 is 0. The van der Waals surface area contributed by atoms with Crippen LogP contribution in [-0.2, 0) is 0 Å². The van der Waals surface area contributed by atoms with Crippen molar-refractivity contribution in [3.63, 3.8) is 0 Å². The molecule has 2 atom stereocenters. The third-order valence-corrected chi connectivity index (χ3v) is 6.04. The van der Waals surface area contributed by atoms with Crippen LogP contribution in [0.4, 0.5) is 0 Å². The number of rotatable bonds is 2. The van der Waals surface area contributed by atoms with E-state index in [2.05, 4.69) is 40.5 Å².